The largest absolute Gasteiger partial charge is 0.323 e. The molecule has 2 amide bonds. The molecule has 126 valence electrons. The summed E-state index contributed by atoms with van der Waals surface area (Å²) in [5, 5.41) is 3.26. The monoisotopic (exact) mass is 323 g/mol. The number of benzene rings is 2. The van der Waals surface area contributed by atoms with Gasteiger partial charge in [-0.05, 0) is 38.2 Å². The molecule has 0 unspecified atom stereocenters. The van der Waals surface area contributed by atoms with E-state index in [-0.39, 0.29) is 6.03 Å². The SMILES string of the molecule is CN(C)CCCN1CC(c2ccccc2)(c2ccccc2)NC1=O. The molecule has 3 rings (SSSR count). The van der Waals surface area contributed by atoms with Gasteiger partial charge >= 0.3 is 6.03 Å². The van der Waals surface area contributed by atoms with E-state index in [4.69, 9.17) is 0 Å². The van der Waals surface area contributed by atoms with Crippen molar-refractivity contribution in [3.8, 4) is 0 Å². The van der Waals surface area contributed by atoms with Gasteiger partial charge in [-0.2, -0.15) is 0 Å². The molecule has 0 spiro atoms. The van der Waals surface area contributed by atoms with Crippen molar-refractivity contribution in [2.75, 3.05) is 33.7 Å². The van der Waals surface area contributed by atoms with Gasteiger partial charge < -0.3 is 15.1 Å². The third-order valence-corrected chi connectivity index (χ3v) is 4.60. The summed E-state index contributed by atoms with van der Waals surface area (Å²) < 4.78 is 0. The van der Waals surface area contributed by atoms with E-state index in [1.807, 2.05) is 41.3 Å². The highest BCUT2D eigenvalue weighted by Gasteiger charge is 2.44. The van der Waals surface area contributed by atoms with E-state index in [0.29, 0.717) is 6.54 Å². The Bertz CT molecular complexity index is 630. The first-order valence-electron chi connectivity index (χ1n) is 8.45. The van der Waals surface area contributed by atoms with E-state index >= 15 is 0 Å². The molecule has 1 aliphatic rings. The van der Waals surface area contributed by atoms with Crippen molar-refractivity contribution in [1.29, 1.82) is 0 Å². The van der Waals surface area contributed by atoms with E-state index in [1.165, 1.54) is 0 Å². The molecule has 4 nitrogen and oxygen atoms in total. The molecule has 0 bridgehead atoms. The van der Waals surface area contributed by atoms with Crippen LogP contribution in [0.15, 0.2) is 60.7 Å². The first kappa shape index (κ1) is 16.5. The number of hydrogen-bond acceptors (Lipinski definition) is 2. The lowest BCUT2D eigenvalue weighted by atomic mass is 9.83. The molecule has 1 fully saturated rings. The molecule has 1 heterocycles. The maximum Gasteiger partial charge on any atom is 0.318 e. The minimum Gasteiger partial charge on any atom is -0.323 e. The quantitative estimate of drug-likeness (QED) is 0.887. The van der Waals surface area contributed by atoms with Crippen LogP contribution in [0.25, 0.3) is 0 Å². The van der Waals surface area contributed by atoms with Crippen LogP contribution in [-0.4, -0.2) is 49.6 Å². The summed E-state index contributed by atoms with van der Waals surface area (Å²) in [6.07, 6.45) is 0.972. The minimum absolute atomic E-state index is 0.0152. The van der Waals surface area contributed by atoms with Gasteiger partial charge in [0, 0.05) is 6.54 Å². The topological polar surface area (TPSA) is 35.6 Å². The van der Waals surface area contributed by atoms with Crippen LogP contribution in [0.1, 0.15) is 17.5 Å². The van der Waals surface area contributed by atoms with Crippen LogP contribution in [0.2, 0.25) is 0 Å². The average Bonchev–Trinajstić information content (AvgIpc) is 2.94. The second-order valence-corrected chi connectivity index (χ2v) is 6.65. The molecule has 2 aromatic rings. The van der Waals surface area contributed by atoms with Gasteiger partial charge in [-0.1, -0.05) is 60.7 Å². The molecule has 0 atom stereocenters. The summed E-state index contributed by atoms with van der Waals surface area (Å²) in [4.78, 5) is 16.7. The zero-order valence-corrected chi connectivity index (χ0v) is 14.4. The Kier molecular flexibility index (Phi) is 4.86. The van der Waals surface area contributed by atoms with Gasteiger partial charge in [-0.15, -0.1) is 0 Å². The maximum absolute atomic E-state index is 12.6. The predicted molar refractivity (Wildman–Crippen MR) is 96.9 cm³/mol. The molecule has 1 aliphatic heterocycles. The zero-order valence-electron chi connectivity index (χ0n) is 14.4. The number of nitrogens with one attached hydrogen (secondary N) is 1. The number of carbonyl (C=O) groups is 1. The van der Waals surface area contributed by atoms with E-state index in [2.05, 4.69) is 48.6 Å². The highest BCUT2D eigenvalue weighted by molar-refractivity contribution is 5.79. The summed E-state index contributed by atoms with van der Waals surface area (Å²) in [6, 6.07) is 20.5. The van der Waals surface area contributed by atoms with Crippen molar-refractivity contribution >= 4 is 6.03 Å². The van der Waals surface area contributed by atoms with Crippen molar-refractivity contribution in [3.05, 3.63) is 71.8 Å². The Morgan fingerprint density at radius 2 is 1.54 bits per heavy atom. The highest BCUT2D eigenvalue weighted by atomic mass is 16.2. The molecule has 2 aromatic carbocycles. The molecule has 0 radical (unpaired) electrons. The van der Waals surface area contributed by atoms with Gasteiger partial charge in [0.05, 0.1) is 6.54 Å². The molecule has 0 aromatic heterocycles. The third kappa shape index (κ3) is 3.29. The van der Waals surface area contributed by atoms with Gasteiger partial charge in [0.15, 0.2) is 0 Å². The fourth-order valence-electron chi connectivity index (χ4n) is 3.36. The normalized spacial score (nSPS) is 16.5. The summed E-state index contributed by atoms with van der Waals surface area (Å²) in [5.74, 6) is 0. The van der Waals surface area contributed by atoms with Gasteiger partial charge in [-0.25, -0.2) is 4.79 Å². The summed E-state index contributed by atoms with van der Waals surface area (Å²) >= 11 is 0. The van der Waals surface area contributed by atoms with Gasteiger partial charge in [0.1, 0.15) is 5.54 Å². The summed E-state index contributed by atoms with van der Waals surface area (Å²) in [7, 11) is 4.12. The highest BCUT2D eigenvalue weighted by Crippen LogP contribution is 2.34. The number of rotatable bonds is 6. The second-order valence-electron chi connectivity index (χ2n) is 6.65. The van der Waals surface area contributed by atoms with Crippen LogP contribution >= 0.6 is 0 Å². The number of urea groups is 1. The van der Waals surface area contributed by atoms with Crippen LogP contribution in [0.4, 0.5) is 4.79 Å². The smallest absolute Gasteiger partial charge is 0.318 e. The van der Waals surface area contributed by atoms with Gasteiger partial charge in [-0.3, -0.25) is 0 Å². The third-order valence-electron chi connectivity index (χ3n) is 4.60. The minimum atomic E-state index is -0.474. The first-order valence-corrected chi connectivity index (χ1v) is 8.45. The Hall–Kier alpha value is -2.33. The molecule has 24 heavy (non-hydrogen) atoms. The van der Waals surface area contributed by atoms with Crippen molar-refractivity contribution in [1.82, 2.24) is 15.1 Å². The van der Waals surface area contributed by atoms with E-state index in [0.717, 1.165) is 30.6 Å². The Morgan fingerprint density at radius 3 is 2.04 bits per heavy atom. The fourth-order valence-corrected chi connectivity index (χ4v) is 3.36. The molecule has 0 aliphatic carbocycles. The van der Waals surface area contributed by atoms with E-state index < -0.39 is 5.54 Å². The van der Waals surface area contributed by atoms with Crippen molar-refractivity contribution in [3.63, 3.8) is 0 Å². The summed E-state index contributed by atoms with van der Waals surface area (Å²) in [5.41, 5.74) is 1.77. The lowest BCUT2D eigenvalue weighted by molar-refractivity contribution is 0.214. The van der Waals surface area contributed by atoms with Gasteiger partial charge in [0.2, 0.25) is 0 Å². The van der Waals surface area contributed by atoms with Crippen molar-refractivity contribution in [2.24, 2.45) is 0 Å². The molecule has 1 N–H and O–H groups in total. The summed E-state index contributed by atoms with van der Waals surface area (Å²) in [6.45, 7) is 2.41. The van der Waals surface area contributed by atoms with Gasteiger partial charge in [0.25, 0.3) is 0 Å². The maximum atomic E-state index is 12.6. The fraction of sp³-hybridized carbons (Fsp3) is 0.350. The number of carbonyl (C=O) groups excluding carboxylic acids is 1. The Morgan fingerprint density at radius 1 is 1.00 bits per heavy atom. The number of hydrogen-bond donors (Lipinski definition) is 1. The first-order chi connectivity index (χ1) is 11.6. The van der Waals surface area contributed by atoms with E-state index in [1.54, 1.807) is 0 Å². The lowest BCUT2D eigenvalue weighted by Gasteiger charge is -2.30. The lowest BCUT2D eigenvalue weighted by Crippen LogP contribution is -2.41. The van der Waals surface area contributed by atoms with Crippen molar-refractivity contribution < 1.29 is 4.79 Å². The zero-order chi connectivity index (χ0) is 17.0. The molecular formula is C20H25N3O. The number of nitrogens with zero attached hydrogens (tertiary/aromatic N) is 2. The van der Waals surface area contributed by atoms with Crippen LogP contribution < -0.4 is 5.32 Å². The molecule has 0 saturated carbocycles. The van der Waals surface area contributed by atoms with Crippen LogP contribution in [0.5, 0.6) is 0 Å². The molecule has 1 saturated heterocycles. The molecular weight excluding hydrogens is 298 g/mol. The molecule has 4 heteroatoms. The average molecular weight is 323 g/mol. The van der Waals surface area contributed by atoms with Crippen LogP contribution in [0, 0.1) is 0 Å². The second kappa shape index (κ2) is 7.05. The van der Waals surface area contributed by atoms with Crippen LogP contribution in [0.3, 0.4) is 0 Å². The number of amides is 2. The van der Waals surface area contributed by atoms with E-state index in [9.17, 15) is 4.79 Å². The van der Waals surface area contributed by atoms with Crippen molar-refractivity contribution in [2.45, 2.75) is 12.0 Å². The Labute approximate surface area is 144 Å². The Balaban J connectivity index is 1.89. The predicted octanol–water partition coefficient (Wildman–Crippen LogP) is 2.91. The van der Waals surface area contributed by atoms with Crippen LogP contribution in [-0.2, 0) is 5.54 Å². The standard InChI is InChI=1S/C20H25N3O/c1-22(2)14-9-15-23-16-20(21-19(23)24,17-10-5-3-6-11-17)18-12-7-4-8-13-18/h3-8,10-13H,9,14-16H2,1-2H3,(H,21,24).